The van der Waals surface area contributed by atoms with Crippen LogP contribution in [0.3, 0.4) is 0 Å². The molecule has 1 saturated heterocycles. The minimum atomic E-state index is -0.446. The summed E-state index contributed by atoms with van der Waals surface area (Å²) in [6, 6.07) is 7.52. The Morgan fingerprint density at radius 3 is 2.70 bits per heavy atom. The van der Waals surface area contributed by atoms with Gasteiger partial charge in [0, 0.05) is 39.8 Å². The minimum absolute atomic E-state index is 0.140. The summed E-state index contributed by atoms with van der Waals surface area (Å²) in [4.78, 5) is 37.1. The van der Waals surface area contributed by atoms with E-state index in [9.17, 15) is 9.59 Å². The van der Waals surface area contributed by atoms with Crippen LogP contribution in [0.5, 0.6) is 5.75 Å². The lowest BCUT2D eigenvalue weighted by Crippen LogP contribution is -2.46. The topological polar surface area (TPSA) is 99.7 Å². The smallest absolute Gasteiger partial charge is 0.269 e. The van der Waals surface area contributed by atoms with Gasteiger partial charge in [0.2, 0.25) is 0 Å². The lowest BCUT2D eigenvalue weighted by molar-refractivity contribution is -0.123. The third-order valence-corrected chi connectivity index (χ3v) is 5.42. The van der Waals surface area contributed by atoms with E-state index in [-0.39, 0.29) is 11.8 Å². The third kappa shape index (κ3) is 4.20. The van der Waals surface area contributed by atoms with Crippen LogP contribution in [0.15, 0.2) is 30.5 Å². The number of carbonyl (C=O) groups excluding carboxylic acids is 2. The molecule has 0 spiro atoms. The average molecular weight is 410 g/mol. The molecule has 4 rings (SSSR count). The number of ether oxygens (including phenoxy) is 1. The predicted octanol–water partition coefficient (Wildman–Crippen LogP) is 1.27. The number of hydrogen-bond donors (Lipinski definition) is 2. The van der Waals surface area contributed by atoms with E-state index in [1.165, 1.54) is 0 Å². The highest BCUT2D eigenvalue weighted by molar-refractivity contribution is 5.96. The van der Waals surface area contributed by atoms with Gasteiger partial charge in [-0.25, -0.2) is 9.97 Å². The molecule has 2 aliphatic heterocycles. The molecular formula is C21H26N6O3. The number of amides is 2. The van der Waals surface area contributed by atoms with Crippen molar-refractivity contribution in [3.63, 3.8) is 0 Å². The molecule has 1 atom stereocenters. The highest BCUT2D eigenvalue weighted by Gasteiger charge is 2.27. The van der Waals surface area contributed by atoms with Gasteiger partial charge in [0.1, 0.15) is 5.69 Å². The highest BCUT2D eigenvalue weighted by atomic mass is 16.5. The number of anilines is 2. The number of rotatable bonds is 5. The summed E-state index contributed by atoms with van der Waals surface area (Å²) in [5, 5.41) is 5.42. The van der Waals surface area contributed by atoms with Crippen molar-refractivity contribution in [1.29, 1.82) is 0 Å². The maximum atomic E-state index is 12.0. The van der Waals surface area contributed by atoms with Crippen LogP contribution >= 0.6 is 0 Å². The Balaban J connectivity index is 1.34. The highest BCUT2D eigenvalue weighted by Crippen LogP contribution is 2.29. The first-order valence-corrected chi connectivity index (χ1v) is 10.2. The summed E-state index contributed by atoms with van der Waals surface area (Å²) in [7, 11) is 1.59. The molecule has 0 bridgehead atoms. The van der Waals surface area contributed by atoms with Crippen LogP contribution in [0.4, 0.5) is 11.5 Å². The van der Waals surface area contributed by atoms with Crippen LogP contribution < -0.4 is 20.3 Å². The van der Waals surface area contributed by atoms with Gasteiger partial charge in [-0.05, 0) is 30.7 Å². The van der Waals surface area contributed by atoms with Crippen LogP contribution in [-0.2, 0) is 11.3 Å². The fourth-order valence-electron chi connectivity index (χ4n) is 3.66. The van der Waals surface area contributed by atoms with Crippen molar-refractivity contribution in [2.75, 3.05) is 43.4 Å². The Morgan fingerprint density at radius 2 is 2.03 bits per heavy atom. The first-order chi connectivity index (χ1) is 14.6. The molecule has 9 nitrogen and oxygen atoms in total. The van der Waals surface area contributed by atoms with Crippen molar-refractivity contribution < 1.29 is 14.3 Å². The van der Waals surface area contributed by atoms with Gasteiger partial charge < -0.3 is 20.3 Å². The van der Waals surface area contributed by atoms with Gasteiger partial charge in [0.15, 0.2) is 17.7 Å². The van der Waals surface area contributed by atoms with Gasteiger partial charge in [-0.3, -0.25) is 14.5 Å². The summed E-state index contributed by atoms with van der Waals surface area (Å²) >= 11 is 0. The fraction of sp³-hybridized carbons (Fsp3) is 0.429. The number of pyridine rings is 2. The Hall–Kier alpha value is -3.20. The predicted molar refractivity (Wildman–Crippen MR) is 113 cm³/mol. The monoisotopic (exact) mass is 410 g/mol. The maximum absolute atomic E-state index is 12.0. The molecule has 0 saturated carbocycles. The zero-order chi connectivity index (χ0) is 21.1. The number of carbonyl (C=O) groups is 2. The van der Waals surface area contributed by atoms with Crippen LogP contribution in [0, 0.1) is 0 Å². The first-order valence-electron chi connectivity index (χ1n) is 10.2. The van der Waals surface area contributed by atoms with E-state index in [2.05, 4.69) is 30.4 Å². The van der Waals surface area contributed by atoms with Gasteiger partial charge in [-0.1, -0.05) is 6.92 Å². The van der Waals surface area contributed by atoms with Crippen molar-refractivity contribution in [2.24, 2.45) is 0 Å². The Kier molecular flexibility index (Phi) is 5.80. The molecule has 9 heteroatoms. The number of hydrogen-bond acceptors (Lipinski definition) is 7. The summed E-state index contributed by atoms with van der Waals surface area (Å²) < 4.78 is 5.71. The number of fused-ring (bicyclic) bond motifs is 1. The number of aromatic nitrogens is 2. The Morgan fingerprint density at radius 1 is 1.23 bits per heavy atom. The number of nitrogens with one attached hydrogen (secondary N) is 2. The quantitative estimate of drug-likeness (QED) is 0.766. The van der Waals surface area contributed by atoms with E-state index in [0.717, 1.165) is 37.6 Å². The zero-order valence-electron chi connectivity index (χ0n) is 17.2. The second kappa shape index (κ2) is 8.66. The van der Waals surface area contributed by atoms with Crippen LogP contribution in [-0.4, -0.2) is 66.0 Å². The average Bonchev–Trinajstić information content (AvgIpc) is 2.78. The third-order valence-electron chi connectivity index (χ3n) is 5.42. The van der Waals surface area contributed by atoms with Gasteiger partial charge in [0.25, 0.3) is 11.8 Å². The summed E-state index contributed by atoms with van der Waals surface area (Å²) in [5.74, 6) is 0.806. The maximum Gasteiger partial charge on any atom is 0.269 e. The summed E-state index contributed by atoms with van der Waals surface area (Å²) in [5.41, 5.74) is 2.33. The van der Waals surface area contributed by atoms with Crippen molar-refractivity contribution in [2.45, 2.75) is 26.0 Å². The molecule has 0 radical (unpaired) electrons. The molecule has 158 valence electrons. The largest absolute Gasteiger partial charge is 0.477 e. The Bertz CT molecular complexity index is 925. The molecule has 4 heterocycles. The van der Waals surface area contributed by atoms with Crippen LogP contribution in [0.2, 0.25) is 0 Å². The van der Waals surface area contributed by atoms with Gasteiger partial charge in [-0.2, -0.15) is 0 Å². The molecule has 30 heavy (non-hydrogen) atoms. The van der Waals surface area contributed by atoms with E-state index < -0.39 is 6.10 Å². The van der Waals surface area contributed by atoms with Crippen molar-refractivity contribution in [1.82, 2.24) is 20.2 Å². The van der Waals surface area contributed by atoms with Gasteiger partial charge >= 0.3 is 0 Å². The second-order valence-electron chi connectivity index (χ2n) is 7.40. The summed E-state index contributed by atoms with van der Waals surface area (Å²) in [6.07, 6.45) is 1.93. The van der Waals surface area contributed by atoms with Crippen molar-refractivity contribution in [3.05, 3.63) is 41.9 Å². The van der Waals surface area contributed by atoms with Crippen molar-refractivity contribution >= 4 is 23.3 Å². The van der Waals surface area contributed by atoms with E-state index in [1.807, 2.05) is 25.1 Å². The lowest BCUT2D eigenvalue weighted by atomic mass is 10.2. The fourth-order valence-corrected chi connectivity index (χ4v) is 3.66. The Labute approximate surface area is 175 Å². The SMILES string of the molecule is CC[C@@H]1Oc2ccc(CN3CCN(c4ccc(C(=O)NC)nc4)CC3)nc2NC1=O. The molecule has 2 N–H and O–H groups in total. The molecule has 0 unspecified atom stereocenters. The molecular weight excluding hydrogens is 384 g/mol. The normalized spacial score (nSPS) is 18.9. The number of piperazine rings is 1. The van der Waals surface area contributed by atoms with Gasteiger partial charge in [0.05, 0.1) is 17.6 Å². The van der Waals surface area contributed by atoms with Crippen LogP contribution in [0.1, 0.15) is 29.5 Å². The molecule has 2 aliphatic rings. The van der Waals surface area contributed by atoms with Crippen molar-refractivity contribution in [3.8, 4) is 5.75 Å². The van der Waals surface area contributed by atoms with E-state index in [1.54, 1.807) is 19.3 Å². The second-order valence-corrected chi connectivity index (χ2v) is 7.40. The minimum Gasteiger partial charge on any atom is -0.477 e. The number of nitrogens with zero attached hydrogens (tertiary/aromatic N) is 4. The summed E-state index contributed by atoms with van der Waals surface area (Å²) in [6.45, 7) is 6.13. The molecule has 2 amide bonds. The standard InChI is InChI=1S/C21H26N6O3/c1-3-17-21(29)25-19-18(30-17)7-4-14(24-19)13-26-8-10-27(11-9-26)15-5-6-16(23-12-15)20(28)22-2/h4-7,12,17H,3,8-11,13H2,1-2H3,(H,22,28)(H,24,25,29)/t17-/m0/s1. The molecule has 0 aliphatic carbocycles. The lowest BCUT2D eigenvalue weighted by Gasteiger charge is -2.36. The van der Waals surface area contributed by atoms with E-state index in [4.69, 9.17) is 4.74 Å². The first kappa shape index (κ1) is 20.1. The van der Waals surface area contributed by atoms with Gasteiger partial charge in [-0.15, -0.1) is 0 Å². The van der Waals surface area contributed by atoms with E-state index >= 15 is 0 Å². The van der Waals surface area contributed by atoms with E-state index in [0.29, 0.717) is 30.2 Å². The molecule has 2 aromatic heterocycles. The van der Waals surface area contributed by atoms with Crippen LogP contribution in [0.25, 0.3) is 0 Å². The molecule has 2 aromatic rings. The molecule has 1 fully saturated rings. The molecule has 0 aromatic carbocycles. The zero-order valence-corrected chi connectivity index (χ0v) is 17.2.